The van der Waals surface area contributed by atoms with Crippen molar-refractivity contribution in [2.45, 2.75) is 51.6 Å². The van der Waals surface area contributed by atoms with E-state index >= 15 is 0 Å². The normalized spacial score (nSPS) is 19.4. The molecule has 1 aromatic rings. The summed E-state index contributed by atoms with van der Waals surface area (Å²) in [5.74, 6) is -0.123. The summed E-state index contributed by atoms with van der Waals surface area (Å²) in [5, 5.41) is 0. The number of amides is 2. The fourth-order valence-electron chi connectivity index (χ4n) is 4.13. The molecule has 1 heterocycles. The third-order valence-corrected chi connectivity index (χ3v) is 5.82. The molecule has 0 bridgehead atoms. The van der Waals surface area contributed by atoms with Crippen LogP contribution in [0.2, 0.25) is 0 Å². The Balaban J connectivity index is 1.51. The second kappa shape index (κ2) is 10.5. The van der Waals surface area contributed by atoms with Gasteiger partial charge in [0.25, 0.3) is 5.91 Å². The number of piperidine rings is 1. The minimum atomic E-state index is -0.281. The maximum atomic E-state index is 12.7. The molecule has 7 nitrogen and oxygen atoms in total. The molecule has 0 N–H and O–H groups in total. The van der Waals surface area contributed by atoms with E-state index in [1.165, 1.54) is 17.7 Å². The van der Waals surface area contributed by atoms with Gasteiger partial charge in [-0.1, -0.05) is 0 Å². The smallest absolute Gasteiger partial charge is 0.310 e. The van der Waals surface area contributed by atoms with E-state index in [0.717, 1.165) is 31.4 Å². The van der Waals surface area contributed by atoms with E-state index in [9.17, 15) is 14.4 Å². The molecule has 0 aromatic heterocycles. The zero-order valence-electron chi connectivity index (χ0n) is 18.0. The topological polar surface area (TPSA) is 76.2 Å². The van der Waals surface area contributed by atoms with Gasteiger partial charge in [0.2, 0.25) is 5.91 Å². The highest BCUT2D eigenvalue weighted by atomic mass is 16.5. The van der Waals surface area contributed by atoms with E-state index in [2.05, 4.69) is 0 Å². The Morgan fingerprint density at radius 3 is 2.43 bits per heavy atom. The van der Waals surface area contributed by atoms with E-state index in [0.29, 0.717) is 25.3 Å². The summed E-state index contributed by atoms with van der Waals surface area (Å²) >= 11 is 0. The van der Waals surface area contributed by atoms with Crippen molar-refractivity contribution in [2.24, 2.45) is 5.92 Å². The average molecular weight is 417 g/mol. The first-order valence-electron chi connectivity index (χ1n) is 10.9. The Kier molecular flexibility index (Phi) is 7.71. The van der Waals surface area contributed by atoms with Gasteiger partial charge < -0.3 is 19.3 Å². The predicted octanol–water partition coefficient (Wildman–Crippen LogP) is 2.88. The third kappa shape index (κ3) is 5.74. The largest absolute Gasteiger partial charge is 0.490 e. The second-order valence-electron chi connectivity index (χ2n) is 8.14. The fourth-order valence-corrected chi connectivity index (χ4v) is 4.13. The van der Waals surface area contributed by atoms with Crippen molar-refractivity contribution < 1.29 is 23.9 Å². The van der Waals surface area contributed by atoms with E-state index in [1.807, 2.05) is 12.1 Å². The molecule has 1 aliphatic carbocycles. The summed E-state index contributed by atoms with van der Waals surface area (Å²) in [6, 6.07) is 7.11. The molecule has 1 unspecified atom stereocenters. The van der Waals surface area contributed by atoms with Crippen molar-refractivity contribution in [1.82, 2.24) is 9.80 Å². The van der Waals surface area contributed by atoms with Crippen molar-refractivity contribution in [3.63, 3.8) is 0 Å². The van der Waals surface area contributed by atoms with Crippen LogP contribution in [0.4, 0.5) is 0 Å². The molecule has 2 amide bonds. The minimum absolute atomic E-state index is 0.0191. The van der Waals surface area contributed by atoms with E-state index < -0.39 is 0 Å². The maximum absolute atomic E-state index is 12.7. The molecule has 2 aliphatic rings. The third-order valence-electron chi connectivity index (χ3n) is 5.82. The number of nitrogens with zero attached hydrogens (tertiary/aromatic N) is 2. The lowest BCUT2D eigenvalue weighted by atomic mass is 9.98. The monoisotopic (exact) mass is 416 g/mol. The zero-order valence-corrected chi connectivity index (χ0v) is 18.0. The number of hydrogen-bond donors (Lipinski definition) is 0. The van der Waals surface area contributed by atoms with Crippen LogP contribution in [-0.2, 0) is 14.3 Å². The van der Waals surface area contributed by atoms with Gasteiger partial charge in [0.15, 0.2) is 0 Å². The number of hydrogen-bond acceptors (Lipinski definition) is 5. The van der Waals surface area contributed by atoms with E-state index in [4.69, 9.17) is 9.47 Å². The molecule has 2 fully saturated rings. The van der Waals surface area contributed by atoms with Gasteiger partial charge in [-0.05, 0) is 69.7 Å². The molecule has 0 spiro atoms. The Morgan fingerprint density at radius 1 is 1.07 bits per heavy atom. The van der Waals surface area contributed by atoms with Crippen molar-refractivity contribution in [3.8, 4) is 5.75 Å². The molecule has 3 rings (SSSR count). The summed E-state index contributed by atoms with van der Waals surface area (Å²) in [6.07, 6.45) is 6.34. The standard InChI is InChI=1S/C23H32N2O5/c1-3-29-23(28)18-7-6-14-25(15-18)21(26)16-24(2)22(27)17-10-12-20(13-11-17)30-19-8-4-5-9-19/h10-13,18-19H,3-9,14-16H2,1-2H3. The van der Waals surface area contributed by atoms with Crippen molar-refractivity contribution >= 4 is 17.8 Å². The van der Waals surface area contributed by atoms with Crippen LogP contribution in [0, 0.1) is 5.92 Å². The highest BCUT2D eigenvalue weighted by Gasteiger charge is 2.30. The van der Waals surface area contributed by atoms with Crippen LogP contribution in [0.3, 0.4) is 0 Å². The first kappa shape index (κ1) is 22.1. The number of ether oxygens (including phenoxy) is 2. The Morgan fingerprint density at radius 2 is 1.77 bits per heavy atom. The molecule has 0 radical (unpaired) electrons. The molecule has 7 heteroatoms. The molecule has 1 saturated carbocycles. The molecule has 30 heavy (non-hydrogen) atoms. The number of carbonyl (C=O) groups is 3. The van der Waals surface area contributed by atoms with Crippen LogP contribution < -0.4 is 4.74 Å². The summed E-state index contributed by atoms with van der Waals surface area (Å²) in [5.41, 5.74) is 0.520. The minimum Gasteiger partial charge on any atom is -0.490 e. The van der Waals surface area contributed by atoms with Crippen LogP contribution in [0.25, 0.3) is 0 Å². The van der Waals surface area contributed by atoms with Crippen molar-refractivity contribution in [2.75, 3.05) is 33.3 Å². The second-order valence-corrected chi connectivity index (χ2v) is 8.14. The van der Waals surface area contributed by atoms with Gasteiger partial charge in [-0.15, -0.1) is 0 Å². The lowest BCUT2D eigenvalue weighted by Gasteiger charge is -2.32. The lowest BCUT2D eigenvalue weighted by Crippen LogP contribution is -2.47. The Labute approximate surface area is 178 Å². The van der Waals surface area contributed by atoms with Crippen LogP contribution >= 0.6 is 0 Å². The van der Waals surface area contributed by atoms with Crippen LogP contribution in [-0.4, -0.2) is 67.0 Å². The van der Waals surface area contributed by atoms with Crippen LogP contribution in [0.15, 0.2) is 24.3 Å². The maximum Gasteiger partial charge on any atom is 0.310 e. The van der Waals surface area contributed by atoms with Crippen LogP contribution in [0.1, 0.15) is 55.8 Å². The van der Waals surface area contributed by atoms with E-state index in [-0.39, 0.29) is 36.4 Å². The number of esters is 1. The average Bonchev–Trinajstić information content (AvgIpc) is 3.27. The lowest BCUT2D eigenvalue weighted by molar-refractivity contribution is -0.151. The SMILES string of the molecule is CCOC(=O)C1CCCN(C(=O)CN(C)C(=O)c2ccc(OC3CCCC3)cc2)C1. The van der Waals surface area contributed by atoms with Crippen LogP contribution in [0.5, 0.6) is 5.75 Å². The number of likely N-dealkylation sites (tertiary alicyclic amines) is 1. The van der Waals surface area contributed by atoms with Gasteiger partial charge in [-0.3, -0.25) is 14.4 Å². The van der Waals surface area contributed by atoms with Gasteiger partial charge >= 0.3 is 5.97 Å². The summed E-state index contributed by atoms with van der Waals surface area (Å²) in [6.45, 7) is 3.05. The Bertz CT molecular complexity index is 742. The first-order chi connectivity index (χ1) is 14.5. The fraction of sp³-hybridized carbons (Fsp3) is 0.609. The van der Waals surface area contributed by atoms with Gasteiger partial charge in [0.1, 0.15) is 5.75 Å². The molecule has 1 aliphatic heterocycles. The van der Waals surface area contributed by atoms with Crippen molar-refractivity contribution in [1.29, 1.82) is 0 Å². The number of rotatable bonds is 7. The molecule has 1 atom stereocenters. The highest BCUT2D eigenvalue weighted by molar-refractivity contribution is 5.96. The number of carbonyl (C=O) groups excluding carboxylic acids is 3. The van der Waals surface area contributed by atoms with Crippen molar-refractivity contribution in [3.05, 3.63) is 29.8 Å². The zero-order chi connectivity index (χ0) is 21.5. The number of benzene rings is 1. The Hall–Kier alpha value is -2.57. The molecule has 1 saturated heterocycles. The summed E-state index contributed by atoms with van der Waals surface area (Å²) in [7, 11) is 1.62. The molecular formula is C23H32N2O5. The molecule has 164 valence electrons. The van der Waals surface area contributed by atoms with E-state index in [1.54, 1.807) is 31.0 Å². The summed E-state index contributed by atoms with van der Waals surface area (Å²) in [4.78, 5) is 40.5. The van der Waals surface area contributed by atoms with Gasteiger partial charge in [0, 0.05) is 25.7 Å². The summed E-state index contributed by atoms with van der Waals surface area (Å²) < 4.78 is 11.0. The first-order valence-corrected chi connectivity index (χ1v) is 10.9. The predicted molar refractivity (Wildman–Crippen MR) is 112 cm³/mol. The van der Waals surface area contributed by atoms with Gasteiger partial charge in [-0.25, -0.2) is 0 Å². The van der Waals surface area contributed by atoms with Gasteiger partial charge in [-0.2, -0.15) is 0 Å². The molecular weight excluding hydrogens is 384 g/mol. The highest BCUT2D eigenvalue weighted by Crippen LogP contribution is 2.24. The quantitative estimate of drug-likeness (QED) is 0.639. The number of likely N-dealkylation sites (N-methyl/N-ethyl adjacent to an activating group) is 1. The molecule has 1 aromatic carbocycles. The van der Waals surface area contributed by atoms with Gasteiger partial charge in [0.05, 0.1) is 25.2 Å².